The molecule has 28 heavy (non-hydrogen) atoms. The van der Waals surface area contributed by atoms with Gasteiger partial charge in [0.25, 0.3) is 0 Å². The van der Waals surface area contributed by atoms with E-state index in [1.807, 2.05) is 36.7 Å². The lowest BCUT2D eigenvalue weighted by Crippen LogP contribution is -2.48. The van der Waals surface area contributed by atoms with Gasteiger partial charge in [0.05, 0.1) is 13.3 Å². The van der Waals surface area contributed by atoms with E-state index >= 15 is 0 Å². The first kappa shape index (κ1) is 18.4. The average Bonchev–Trinajstić information content (AvgIpc) is 3.29. The molecule has 146 valence electrons. The number of benzene rings is 1. The Morgan fingerprint density at radius 1 is 1.07 bits per heavy atom. The summed E-state index contributed by atoms with van der Waals surface area (Å²) in [5, 5.41) is 7.05. The molecule has 1 atom stereocenters. The van der Waals surface area contributed by atoms with Crippen molar-refractivity contribution >= 4 is 5.82 Å². The van der Waals surface area contributed by atoms with E-state index in [-0.39, 0.29) is 0 Å². The summed E-state index contributed by atoms with van der Waals surface area (Å²) < 4.78 is 5.27. The van der Waals surface area contributed by atoms with Crippen molar-refractivity contribution in [3.05, 3.63) is 54.6 Å². The van der Waals surface area contributed by atoms with E-state index in [1.165, 1.54) is 5.56 Å². The largest absolute Gasteiger partial charge is 0.497 e. The van der Waals surface area contributed by atoms with Gasteiger partial charge in [0.15, 0.2) is 5.82 Å². The molecule has 0 bridgehead atoms. The SMILES string of the molecule is CCC(c1cn[nH]c1)N1CCN(c2nccnc2-c2ccc(OC)cc2)CC1. The van der Waals surface area contributed by atoms with E-state index in [0.29, 0.717) is 6.04 Å². The average molecular weight is 378 g/mol. The molecule has 3 aromatic rings. The third-order valence-electron chi connectivity index (χ3n) is 5.39. The molecule has 0 saturated carbocycles. The van der Waals surface area contributed by atoms with Crippen molar-refractivity contribution in [3.8, 4) is 17.0 Å². The zero-order valence-corrected chi connectivity index (χ0v) is 16.4. The van der Waals surface area contributed by atoms with Crippen molar-refractivity contribution in [3.63, 3.8) is 0 Å². The highest BCUT2D eigenvalue weighted by Crippen LogP contribution is 2.30. The molecular formula is C21H26N6O. The second kappa shape index (κ2) is 8.39. The van der Waals surface area contributed by atoms with Crippen LogP contribution in [0.25, 0.3) is 11.3 Å². The van der Waals surface area contributed by atoms with E-state index in [9.17, 15) is 0 Å². The minimum atomic E-state index is 0.406. The predicted molar refractivity (Wildman–Crippen MR) is 109 cm³/mol. The number of aromatic amines is 1. The van der Waals surface area contributed by atoms with Crippen LogP contribution < -0.4 is 9.64 Å². The number of aromatic nitrogens is 4. The van der Waals surface area contributed by atoms with E-state index < -0.39 is 0 Å². The number of rotatable bonds is 6. The highest BCUT2D eigenvalue weighted by molar-refractivity contribution is 5.72. The maximum atomic E-state index is 5.27. The van der Waals surface area contributed by atoms with Crippen molar-refractivity contribution in [1.29, 1.82) is 0 Å². The van der Waals surface area contributed by atoms with Crippen LogP contribution in [0.5, 0.6) is 5.75 Å². The predicted octanol–water partition coefficient (Wildman–Crippen LogP) is 3.15. The molecular weight excluding hydrogens is 352 g/mol. The van der Waals surface area contributed by atoms with Crippen LogP contribution in [0.1, 0.15) is 24.9 Å². The van der Waals surface area contributed by atoms with Gasteiger partial charge in [0.2, 0.25) is 0 Å². The summed E-state index contributed by atoms with van der Waals surface area (Å²) in [4.78, 5) is 14.2. The summed E-state index contributed by atoms with van der Waals surface area (Å²) in [6.45, 7) is 6.06. The van der Waals surface area contributed by atoms with Gasteiger partial charge in [-0.25, -0.2) is 4.98 Å². The molecule has 0 amide bonds. The van der Waals surface area contributed by atoms with Crippen LogP contribution in [0.15, 0.2) is 49.1 Å². The van der Waals surface area contributed by atoms with Gasteiger partial charge in [0.1, 0.15) is 11.4 Å². The Morgan fingerprint density at radius 2 is 1.82 bits per heavy atom. The second-order valence-corrected chi connectivity index (χ2v) is 6.94. The quantitative estimate of drug-likeness (QED) is 0.711. The maximum absolute atomic E-state index is 5.27. The molecule has 4 rings (SSSR count). The van der Waals surface area contributed by atoms with Crippen molar-refractivity contribution in [1.82, 2.24) is 25.1 Å². The number of ether oxygens (including phenoxy) is 1. The van der Waals surface area contributed by atoms with Crippen LogP contribution in [-0.4, -0.2) is 58.4 Å². The first-order valence-corrected chi connectivity index (χ1v) is 9.73. The molecule has 1 aliphatic heterocycles. The van der Waals surface area contributed by atoms with Gasteiger partial charge in [-0.1, -0.05) is 6.92 Å². The van der Waals surface area contributed by atoms with Crippen molar-refractivity contribution < 1.29 is 4.74 Å². The van der Waals surface area contributed by atoms with Crippen molar-refractivity contribution in [2.45, 2.75) is 19.4 Å². The van der Waals surface area contributed by atoms with Gasteiger partial charge in [0, 0.05) is 61.9 Å². The summed E-state index contributed by atoms with van der Waals surface area (Å²) in [5.41, 5.74) is 3.23. The summed E-state index contributed by atoms with van der Waals surface area (Å²) in [6.07, 6.45) is 8.54. The Hall–Kier alpha value is -2.93. The summed E-state index contributed by atoms with van der Waals surface area (Å²) in [5.74, 6) is 1.79. The minimum Gasteiger partial charge on any atom is -0.497 e. The number of nitrogens with one attached hydrogen (secondary N) is 1. The lowest BCUT2D eigenvalue weighted by atomic mass is 10.1. The molecule has 1 aliphatic rings. The third kappa shape index (κ3) is 3.71. The molecule has 0 aliphatic carbocycles. The molecule has 1 N–H and O–H groups in total. The van der Waals surface area contributed by atoms with Gasteiger partial charge < -0.3 is 9.64 Å². The molecule has 7 nitrogen and oxygen atoms in total. The Bertz CT molecular complexity index is 872. The zero-order chi connectivity index (χ0) is 19.3. The van der Waals surface area contributed by atoms with Gasteiger partial charge in [-0.3, -0.25) is 15.0 Å². The van der Waals surface area contributed by atoms with Crippen LogP contribution in [0.4, 0.5) is 5.82 Å². The number of H-pyrrole nitrogens is 1. The number of hydrogen-bond acceptors (Lipinski definition) is 6. The fraction of sp³-hybridized carbons (Fsp3) is 0.381. The third-order valence-corrected chi connectivity index (χ3v) is 5.39. The van der Waals surface area contributed by atoms with Gasteiger partial charge >= 0.3 is 0 Å². The summed E-state index contributed by atoms with van der Waals surface area (Å²) in [6, 6.07) is 8.40. The minimum absolute atomic E-state index is 0.406. The van der Waals surface area contributed by atoms with E-state index in [0.717, 1.165) is 55.4 Å². The molecule has 0 radical (unpaired) electrons. The van der Waals surface area contributed by atoms with Crippen LogP contribution in [0.3, 0.4) is 0 Å². The lowest BCUT2D eigenvalue weighted by molar-refractivity contribution is 0.181. The molecule has 1 fully saturated rings. The fourth-order valence-corrected chi connectivity index (χ4v) is 3.91. The molecule has 3 heterocycles. The highest BCUT2D eigenvalue weighted by Gasteiger charge is 2.26. The van der Waals surface area contributed by atoms with Gasteiger partial charge in [-0.05, 0) is 30.7 Å². The number of piperazine rings is 1. The Balaban J connectivity index is 1.50. The molecule has 1 saturated heterocycles. The number of nitrogens with zero attached hydrogens (tertiary/aromatic N) is 5. The molecule has 1 aromatic carbocycles. The topological polar surface area (TPSA) is 70.2 Å². The van der Waals surface area contributed by atoms with Crippen molar-refractivity contribution in [2.24, 2.45) is 0 Å². The molecule has 0 spiro atoms. The number of hydrogen-bond donors (Lipinski definition) is 1. The number of anilines is 1. The Morgan fingerprint density at radius 3 is 2.46 bits per heavy atom. The van der Waals surface area contributed by atoms with Crippen LogP contribution in [0.2, 0.25) is 0 Å². The van der Waals surface area contributed by atoms with Crippen LogP contribution in [-0.2, 0) is 0 Å². The zero-order valence-electron chi connectivity index (χ0n) is 16.4. The summed E-state index contributed by atoms with van der Waals surface area (Å²) in [7, 11) is 1.68. The van der Waals surface area contributed by atoms with Gasteiger partial charge in [-0.2, -0.15) is 5.10 Å². The van der Waals surface area contributed by atoms with E-state index in [2.05, 4.69) is 36.9 Å². The second-order valence-electron chi connectivity index (χ2n) is 6.94. The van der Waals surface area contributed by atoms with E-state index in [4.69, 9.17) is 4.74 Å². The molecule has 7 heteroatoms. The normalized spacial score (nSPS) is 16.1. The molecule has 2 aromatic heterocycles. The van der Waals surface area contributed by atoms with Crippen LogP contribution in [0, 0.1) is 0 Å². The Labute approximate surface area is 165 Å². The lowest BCUT2D eigenvalue weighted by Gasteiger charge is -2.39. The maximum Gasteiger partial charge on any atom is 0.155 e. The first-order valence-electron chi connectivity index (χ1n) is 9.73. The fourth-order valence-electron chi connectivity index (χ4n) is 3.91. The monoisotopic (exact) mass is 378 g/mol. The van der Waals surface area contributed by atoms with Crippen LogP contribution >= 0.6 is 0 Å². The number of methoxy groups -OCH3 is 1. The highest BCUT2D eigenvalue weighted by atomic mass is 16.5. The Kier molecular flexibility index (Phi) is 5.53. The molecule has 1 unspecified atom stereocenters. The summed E-state index contributed by atoms with van der Waals surface area (Å²) >= 11 is 0. The smallest absolute Gasteiger partial charge is 0.155 e. The van der Waals surface area contributed by atoms with Gasteiger partial charge in [-0.15, -0.1) is 0 Å². The van der Waals surface area contributed by atoms with E-state index in [1.54, 1.807) is 19.5 Å². The standard InChI is InChI=1S/C21H26N6O/c1-3-19(17-14-24-25-15-17)26-10-12-27(13-11-26)21-20(22-8-9-23-21)16-4-6-18(28-2)7-5-16/h4-9,14-15,19H,3,10-13H2,1-2H3,(H,24,25). The first-order chi connectivity index (χ1) is 13.8. The van der Waals surface area contributed by atoms with Crippen molar-refractivity contribution in [2.75, 3.05) is 38.2 Å².